The summed E-state index contributed by atoms with van der Waals surface area (Å²) in [5, 5.41) is 16.5. The lowest BCUT2D eigenvalue weighted by Gasteiger charge is -2.39. The molecule has 0 saturated carbocycles. The van der Waals surface area contributed by atoms with Gasteiger partial charge in [-0.1, -0.05) is 13.8 Å². The number of thiophene rings is 1. The van der Waals surface area contributed by atoms with E-state index in [4.69, 9.17) is 10.00 Å². The van der Waals surface area contributed by atoms with Gasteiger partial charge < -0.3 is 4.74 Å². The van der Waals surface area contributed by atoms with Crippen LogP contribution in [0.15, 0.2) is 23.8 Å². The zero-order valence-corrected chi connectivity index (χ0v) is 14.8. The fraction of sp³-hybridized carbons (Fsp3) is 0.412. The molecule has 1 aliphatic heterocycles. The quantitative estimate of drug-likeness (QED) is 0.728. The maximum atomic E-state index is 9.04. The number of nitriles is 1. The summed E-state index contributed by atoms with van der Waals surface area (Å²) in [5.41, 5.74) is 1.50. The van der Waals surface area contributed by atoms with Crippen LogP contribution in [-0.2, 0) is 10.3 Å². The average Bonchev–Trinajstić information content (AvgIpc) is 3.21. The van der Waals surface area contributed by atoms with E-state index in [1.165, 1.54) is 0 Å². The third kappa shape index (κ3) is 2.68. The van der Waals surface area contributed by atoms with Gasteiger partial charge >= 0.3 is 0 Å². The van der Waals surface area contributed by atoms with Gasteiger partial charge in [0.25, 0.3) is 0 Å². The summed E-state index contributed by atoms with van der Waals surface area (Å²) >= 11 is 1.61. The van der Waals surface area contributed by atoms with Crippen molar-refractivity contribution < 1.29 is 4.74 Å². The molecule has 0 spiro atoms. The molecule has 1 fully saturated rings. The highest BCUT2D eigenvalue weighted by molar-refractivity contribution is 7.16. The van der Waals surface area contributed by atoms with Crippen molar-refractivity contribution in [3.8, 4) is 17.3 Å². The molecule has 7 heteroatoms. The van der Waals surface area contributed by atoms with E-state index >= 15 is 0 Å². The van der Waals surface area contributed by atoms with Crippen LogP contribution in [0.5, 0.6) is 0 Å². The van der Waals surface area contributed by atoms with Gasteiger partial charge in [-0.2, -0.15) is 10.4 Å². The fourth-order valence-corrected chi connectivity index (χ4v) is 3.50. The van der Waals surface area contributed by atoms with E-state index in [9.17, 15) is 0 Å². The van der Waals surface area contributed by atoms with Crippen molar-refractivity contribution in [2.45, 2.75) is 32.7 Å². The van der Waals surface area contributed by atoms with E-state index in [-0.39, 0.29) is 5.54 Å². The Balaban J connectivity index is 0.000000815. The second kappa shape index (κ2) is 6.67. The first-order valence-electron chi connectivity index (χ1n) is 7.94. The molecule has 4 heterocycles. The molecule has 3 aromatic rings. The van der Waals surface area contributed by atoms with Crippen LogP contribution in [0.3, 0.4) is 0 Å². The Kier molecular flexibility index (Phi) is 4.60. The number of ether oxygens (including phenoxy) is 1. The summed E-state index contributed by atoms with van der Waals surface area (Å²) in [7, 11) is 0. The lowest BCUT2D eigenvalue weighted by Crippen LogP contribution is -2.51. The molecule has 0 aromatic carbocycles. The van der Waals surface area contributed by atoms with Gasteiger partial charge in [0.05, 0.1) is 37.6 Å². The first-order chi connectivity index (χ1) is 11.7. The third-order valence-corrected chi connectivity index (χ3v) is 4.74. The summed E-state index contributed by atoms with van der Waals surface area (Å²) in [6, 6.07) is 4.26. The molecule has 124 valence electrons. The lowest BCUT2D eigenvalue weighted by molar-refractivity contribution is -0.104. The Morgan fingerprint density at radius 3 is 2.83 bits per heavy atom. The molecular weight excluding hydrogens is 322 g/mol. The van der Waals surface area contributed by atoms with Gasteiger partial charge in [0.1, 0.15) is 16.2 Å². The first kappa shape index (κ1) is 16.6. The van der Waals surface area contributed by atoms with E-state index in [0.717, 1.165) is 27.3 Å². The molecule has 3 aromatic heterocycles. The normalized spacial score (nSPS) is 15.2. The Bertz CT molecular complexity index is 888. The maximum Gasteiger partial charge on any atom is 0.127 e. The molecule has 0 bridgehead atoms. The zero-order chi connectivity index (χ0) is 17.2. The number of hydrogen-bond acceptors (Lipinski definition) is 6. The molecule has 1 aliphatic rings. The minimum atomic E-state index is -0.331. The minimum Gasteiger partial charge on any atom is -0.376 e. The predicted octanol–water partition coefficient (Wildman–Crippen LogP) is 3.53. The second-order valence-electron chi connectivity index (χ2n) is 5.48. The summed E-state index contributed by atoms with van der Waals surface area (Å²) in [6.07, 6.45) is 4.15. The number of aryl methyl sites for hydroxylation is 1. The van der Waals surface area contributed by atoms with Gasteiger partial charge in [-0.3, -0.25) is 4.68 Å². The Morgan fingerprint density at radius 1 is 1.38 bits per heavy atom. The van der Waals surface area contributed by atoms with Crippen LogP contribution in [0, 0.1) is 18.3 Å². The topological polar surface area (TPSA) is 76.6 Å². The molecular formula is C17H19N5OS. The van der Waals surface area contributed by atoms with Crippen molar-refractivity contribution >= 4 is 21.6 Å². The van der Waals surface area contributed by atoms with Crippen molar-refractivity contribution in [1.82, 2.24) is 19.7 Å². The smallest absolute Gasteiger partial charge is 0.127 e. The fourth-order valence-electron chi connectivity index (χ4n) is 2.69. The third-order valence-electron chi connectivity index (χ3n) is 3.93. The van der Waals surface area contributed by atoms with Crippen LogP contribution < -0.4 is 0 Å². The van der Waals surface area contributed by atoms with Crippen molar-refractivity contribution in [2.75, 3.05) is 13.2 Å². The van der Waals surface area contributed by atoms with Gasteiger partial charge in [0.2, 0.25) is 0 Å². The van der Waals surface area contributed by atoms with Gasteiger partial charge in [-0.05, 0) is 18.4 Å². The van der Waals surface area contributed by atoms with E-state index in [2.05, 4.69) is 21.1 Å². The maximum absolute atomic E-state index is 9.04. The number of aromatic nitrogens is 4. The van der Waals surface area contributed by atoms with E-state index in [1.54, 1.807) is 17.5 Å². The van der Waals surface area contributed by atoms with Gasteiger partial charge in [0.15, 0.2) is 0 Å². The number of fused-ring (bicyclic) bond motifs is 1. The van der Waals surface area contributed by atoms with Crippen LogP contribution in [-0.4, -0.2) is 33.0 Å². The lowest BCUT2D eigenvalue weighted by atomic mass is 9.94. The van der Waals surface area contributed by atoms with Crippen LogP contribution in [0.1, 0.15) is 26.1 Å². The summed E-state index contributed by atoms with van der Waals surface area (Å²) < 4.78 is 7.15. The molecule has 0 N–H and O–H groups in total. The van der Waals surface area contributed by atoms with E-state index in [0.29, 0.717) is 19.6 Å². The number of hydrogen-bond donors (Lipinski definition) is 0. The van der Waals surface area contributed by atoms with Crippen molar-refractivity contribution in [2.24, 2.45) is 0 Å². The highest BCUT2D eigenvalue weighted by Crippen LogP contribution is 2.33. The SMILES string of the molecule is CC.Cc1nc(-c2cnn(C3(CC#N)COC3)c2)c2ccsc2n1. The molecule has 24 heavy (non-hydrogen) atoms. The molecule has 0 radical (unpaired) electrons. The van der Waals surface area contributed by atoms with E-state index in [1.807, 2.05) is 43.1 Å². The first-order valence-corrected chi connectivity index (χ1v) is 8.82. The Morgan fingerprint density at radius 2 is 2.17 bits per heavy atom. The van der Waals surface area contributed by atoms with Crippen LogP contribution in [0.4, 0.5) is 0 Å². The van der Waals surface area contributed by atoms with Crippen LogP contribution >= 0.6 is 11.3 Å². The summed E-state index contributed by atoms with van der Waals surface area (Å²) in [5.74, 6) is 0.747. The molecule has 0 unspecified atom stereocenters. The van der Waals surface area contributed by atoms with Gasteiger partial charge in [-0.25, -0.2) is 9.97 Å². The zero-order valence-electron chi connectivity index (χ0n) is 14.0. The highest BCUT2D eigenvalue weighted by atomic mass is 32.1. The summed E-state index contributed by atoms with van der Waals surface area (Å²) in [4.78, 5) is 10.0. The molecule has 0 atom stereocenters. The Hall–Kier alpha value is -2.30. The van der Waals surface area contributed by atoms with Crippen molar-refractivity contribution in [1.29, 1.82) is 5.26 Å². The molecule has 4 rings (SSSR count). The van der Waals surface area contributed by atoms with Crippen molar-refractivity contribution in [3.05, 3.63) is 29.7 Å². The van der Waals surface area contributed by atoms with Crippen LogP contribution in [0.25, 0.3) is 21.5 Å². The monoisotopic (exact) mass is 341 g/mol. The largest absolute Gasteiger partial charge is 0.376 e. The molecule has 0 aliphatic carbocycles. The predicted molar refractivity (Wildman–Crippen MR) is 93.7 cm³/mol. The van der Waals surface area contributed by atoms with E-state index < -0.39 is 0 Å². The average molecular weight is 341 g/mol. The van der Waals surface area contributed by atoms with Gasteiger partial charge in [0, 0.05) is 17.1 Å². The second-order valence-corrected chi connectivity index (χ2v) is 6.38. The number of rotatable bonds is 3. The Labute approximate surface area is 144 Å². The number of nitrogens with zero attached hydrogens (tertiary/aromatic N) is 5. The standard InChI is InChI=1S/C15H13N5OS.C2H6/c1-10-18-13(12-2-5-22-14(12)19-10)11-6-17-20(7-11)15(3-4-16)8-21-9-15;1-2/h2,5-7H,3,8-9H2,1H3;1-2H3. The minimum absolute atomic E-state index is 0.331. The molecule has 0 amide bonds. The van der Waals surface area contributed by atoms with Crippen molar-refractivity contribution in [3.63, 3.8) is 0 Å². The summed E-state index contributed by atoms with van der Waals surface area (Å²) in [6.45, 7) is 6.95. The molecule has 6 nitrogen and oxygen atoms in total. The van der Waals surface area contributed by atoms with Crippen LogP contribution in [0.2, 0.25) is 0 Å². The van der Waals surface area contributed by atoms with Gasteiger partial charge in [-0.15, -0.1) is 11.3 Å². The molecule has 1 saturated heterocycles. The highest BCUT2D eigenvalue weighted by Gasteiger charge is 2.41.